The van der Waals surface area contributed by atoms with Gasteiger partial charge in [0.05, 0.1) is 12.6 Å². The number of benzene rings is 1. The van der Waals surface area contributed by atoms with Gasteiger partial charge in [0.25, 0.3) is 0 Å². The van der Waals surface area contributed by atoms with E-state index >= 15 is 0 Å². The molecule has 0 radical (unpaired) electrons. The molecule has 1 saturated heterocycles. The third-order valence-corrected chi connectivity index (χ3v) is 3.17. The number of ether oxygens (including phenoxy) is 1. The molecule has 0 saturated carbocycles. The van der Waals surface area contributed by atoms with Gasteiger partial charge >= 0.3 is 12.0 Å². The zero-order valence-corrected chi connectivity index (χ0v) is 11.4. The monoisotopic (exact) mass is 292 g/mol. The van der Waals surface area contributed by atoms with E-state index in [1.807, 2.05) is 0 Å². The Morgan fingerprint density at radius 2 is 2.10 bits per heavy atom. The number of carbonyl (C=O) groups is 2. The van der Waals surface area contributed by atoms with Gasteiger partial charge < -0.3 is 25.6 Å². The van der Waals surface area contributed by atoms with E-state index in [-0.39, 0.29) is 23.8 Å². The molecule has 2 amide bonds. The Hall–Kier alpha value is -2.70. The van der Waals surface area contributed by atoms with E-state index in [0.717, 1.165) is 0 Å². The van der Waals surface area contributed by atoms with Crippen molar-refractivity contribution in [3.05, 3.63) is 36.0 Å². The molecule has 0 aromatic heterocycles. The number of esters is 1. The Morgan fingerprint density at radius 1 is 1.38 bits per heavy atom. The first-order valence-electron chi connectivity index (χ1n) is 6.38. The van der Waals surface area contributed by atoms with Gasteiger partial charge in [0.2, 0.25) is 0 Å². The smallest absolute Gasteiger partial charge is 0.319 e. The number of aromatic hydroxyl groups is 2. The van der Waals surface area contributed by atoms with Crippen LogP contribution in [0.1, 0.15) is 18.5 Å². The maximum absolute atomic E-state index is 12.1. The molecular formula is C14H16N2O5. The van der Waals surface area contributed by atoms with Gasteiger partial charge in [-0.15, -0.1) is 0 Å². The van der Waals surface area contributed by atoms with Gasteiger partial charge in [-0.3, -0.25) is 4.79 Å². The predicted molar refractivity (Wildman–Crippen MR) is 73.4 cm³/mol. The van der Waals surface area contributed by atoms with Crippen LogP contribution in [-0.2, 0) is 9.53 Å². The number of hydrogen-bond acceptors (Lipinski definition) is 5. The third kappa shape index (κ3) is 2.91. The topological polar surface area (TPSA) is 108 Å². The summed E-state index contributed by atoms with van der Waals surface area (Å²) < 4.78 is 4.99. The molecule has 1 aliphatic rings. The van der Waals surface area contributed by atoms with Crippen LogP contribution in [0.4, 0.5) is 4.79 Å². The van der Waals surface area contributed by atoms with Crippen LogP contribution in [-0.4, -0.2) is 28.8 Å². The minimum atomic E-state index is -0.827. The number of phenols is 2. The summed E-state index contributed by atoms with van der Waals surface area (Å²) in [5.74, 6) is -1.99. The Labute approximate surface area is 121 Å². The van der Waals surface area contributed by atoms with Crippen molar-refractivity contribution in [3.8, 4) is 11.5 Å². The lowest BCUT2D eigenvalue weighted by molar-refractivity contribution is -0.147. The second-order valence-electron chi connectivity index (χ2n) is 4.58. The summed E-state index contributed by atoms with van der Waals surface area (Å²) in [4.78, 5) is 23.7. The summed E-state index contributed by atoms with van der Waals surface area (Å²) in [5.41, 5.74) is 0.675. The second-order valence-corrected chi connectivity index (χ2v) is 4.58. The van der Waals surface area contributed by atoms with Gasteiger partial charge in [-0.05, 0) is 24.6 Å². The van der Waals surface area contributed by atoms with Crippen molar-refractivity contribution in [3.63, 3.8) is 0 Å². The molecule has 7 nitrogen and oxygen atoms in total. The maximum Gasteiger partial charge on any atom is 0.319 e. The van der Waals surface area contributed by atoms with Crippen LogP contribution in [0.3, 0.4) is 0 Å². The molecule has 112 valence electrons. The summed E-state index contributed by atoms with van der Waals surface area (Å²) in [6, 6.07) is 2.83. The summed E-state index contributed by atoms with van der Waals surface area (Å²) in [6.07, 6.45) is 0. The molecule has 0 bridgehead atoms. The number of nitrogens with one attached hydrogen (secondary N) is 2. The van der Waals surface area contributed by atoms with Gasteiger partial charge in [0.1, 0.15) is 5.92 Å². The zero-order chi connectivity index (χ0) is 15.6. The molecule has 1 fully saturated rings. The molecule has 2 atom stereocenters. The molecule has 21 heavy (non-hydrogen) atoms. The van der Waals surface area contributed by atoms with E-state index in [2.05, 4.69) is 17.2 Å². The van der Waals surface area contributed by atoms with Crippen LogP contribution >= 0.6 is 0 Å². The standard InChI is InChI=1S/C14H16N2O5/c1-3-21-13(19)11-7(2)15-14(20)16-12(11)8-4-5-9(17)10(18)6-8/h4-6,11-12,17-18H,2-3H2,1H3,(H2,15,16,20)/t11-,12+/m1/s1. The molecule has 0 spiro atoms. The first-order chi connectivity index (χ1) is 9.93. The fourth-order valence-electron chi connectivity index (χ4n) is 2.21. The van der Waals surface area contributed by atoms with Crippen molar-refractivity contribution in [1.29, 1.82) is 0 Å². The molecule has 7 heteroatoms. The number of carbonyl (C=O) groups excluding carboxylic acids is 2. The lowest BCUT2D eigenvalue weighted by atomic mass is 9.89. The van der Waals surface area contributed by atoms with Crippen molar-refractivity contribution in [2.24, 2.45) is 5.92 Å². The lowest BCUT2D eigenvalue weighted by Crippen LogP contribution is -2.51. The van der Waals surface area contributed by atoms with Crippen LogP contribution in [0.15, 0.2) is 30.5 Å². The third-order valence-electron chi connectivity index (χ3n) is 3.17. The van der Waals surface area contributed by atoms with Crippen molar-refractivity contribution in [2.45, 2.75) is 13.0 Å². The Balaban J connectivity index is 2.39. The fraction of sp³-hybridized carbons (Fsp3) is 0.286. The predicted octanol–water partition coefficient (Wildman–Crippen LogP) is 1.14. The lowest BCUT2D eigenvalue weighted by Gasteiger charge is -2.33. The number of urea groups is 1. The van der Waals surface area contributed by atoms with E-state index in [4.69, 9.17) is 4.74 Å². The quantitative estimate of drug-likeness (QED) is 0.493. The SMILES string of the molecule is C=C1NC(=O)N[C@@H](c2ccc(O)c(O)c2)[C@@H]1C(=O)OCC. The molecule has 0 unspecified atom stereocenters. The Kier molecular flexibility index (Phi) is 4.02. The van der Waals surface area contributed by atoms with Gasteiger partial charge in [0.15, 0.2) is 11.5 Å². The van der Waals surface area contributed by atoms with Crippen LogP contribution in [0.25, 0.3) is 0 Å². The van der Waals surface area contributed by atoms with E-state index in [1.54, 1.807) is 6.92 Å². The van der Waals surface area contributed by atoms with Gasteiger partial charge in [-0.1, -0.05) is 12.6 Å². The van der Waals surface area contributed by atoms with E-state index in [9.17, 15) is 19.8 Å². The Morgan fingerprint density at radius 3 is 2.71 bits per heavy atom. The number of amides is 2. The zero-order valence-electron chi connectivity index (χ0n) is 11.4. The molecule has 1 aliphatic heterocycles. The minimum absolute atomic E-state index is 0.199. The van der Waals surface area contributed by atoms with E-state index < -0.39 is 24.0 Å². The molecule has 1 heterocycles. The summed E-state index contributed by atoms with van der Waals surface area (Å²) in [6.45, 7) is 5.56. The average molecular weight is 292 g/mol. The number of rotatable bonds is 3. The molecular weight excluding hydrogens is 276 g/mol. The second kappa shape index (κ2) is 5.74. The van der Waals surface area contributed by atoms with Crippen molar-refractivity contribution in [1.82, 2.24) is 10.6 Å². The van der Waals surface area contributed by atoms with Gasteiger partial charge in [-0.2, -0.15) is 0 Å². The normalized spacial score (nSPS) is 21.4. The van der Waals surface area contributed by atoms with Crippen LogP contribution in [0, 0.1) is 5.92 Å². The van der Waals surface area contributed by atoms with Crippen molar-refractivity contribution < 1.29 is 24.5 Å². The maximum atomic E-state index is 12.1. The highest BCUT2D eigenvalue weighted by Crippen LogP contribution is 2.34. The highest BCUT2D eigenvalue weighted by Gasteiger charge is 2.39. The summed E-state index contributed by atoms with van der Waals surface area (Å²) in [5, 5.41) is 24.0. The van der Waals surface area contributed by atoms with Crippen molar-refractivity contribution >= 4 is 12.0 Å². The highest BCUT2D eigenvalue weighted by atomic mass is 16.5. The highest BCUT2D eigenvalue weighted by molar-refractivity contribution is 5.85. The largest absolute Gasteiger partial charge is 0.504 e. The molecule has 2 rings (SSSR count). The fourth-order valence-corrected chi connectivity index (χ4v) is 2.21. The first kappa shape index (κ1) is 14.7. The number of phenolic OH excluding ortho intramolecular Hbond substituents is 2. The molecule has 1 aromatic carbocycles. The summed E-state index contributed by atoms with van der Waals surface area (Å²) in [7, 11) is 0. The van der Waals surface area contributed by atoms with Crippen LogP contribution in [0.2, 0.25) is 0 Å². The van der Waals surface area contributed by atoms with Crippen LogP contribution in [0.5, 0.6) is 11.5 Å². The van der Waals surface area contributed by atoms with Gasteiger partial charge in [-0.25, -0.2) is 4.79 Å². The van der Waals surface area contributed by atoms with Gasteiger partial charge in [0, 0.05) is 5.70 Å². The summed E-state index contributed by atoms with van der Waals surface area (Å²) >= 11 is 0. The van der Waals surface area contributed by atoms with E-state index in [0.29, 0.717) is 5.56 Å². The molecule has 1 aromatic rings. The Bertz CT molecular complexity index is 599. The first-order valence-corrected chi connectivity index (χ1v) is 6.38. The van der Waals surface area contributed by atoms with Crippen LogP contribution < -0.4 is 10.6 Å². The number of hydrogen-bond donors (Lipinski definition) is 4. The molecule has 4 N–H and O–H groups in total. The van der Waals surface area contributed by atoms with Crippen molar-refractivity contribution in [2.75, 3.05) is 6.61 Å². The van der Waals surface area contributed by atoms with E-state index in [1.165, 1.54) is 18.2 Å². The molecule has 0 aliphatic carbocycles. The minimum Gasteiger partial charge on any atom is -0.504 e. The average Bonchev–Trinajstić information content (AvgIpc) is 2.41.